The molecule has 2 saturated heterocycles. The molecule has 0 saturated carbocycles. The van der Waals surface area contributed by atoms with Crippen molar-refractivity contribution in [1.29, 1.82) is 0 Å². The van der Waals surface area contributed by atoms with Crippen molar-refractivity contribution < 1.29 is 9.47 Å². The van der Waals surface area contributed by atoms with E-state index in [1.165, 1.54) is 12.8 Å². The molecular formula is C28H35N7O2. The number of morpholine rings is 1. The summed E-state index contributed by atoms with van der Waals surface area (Å²) in [6.07, 6.45) is 6.28. The molecule has 194 valence electrons. The molecule has 0 radical (unpaired) electrons. The number of nitrogens with two attached hydrogens (primary N) is 1. The van der Waals surface area contributed by atoms with Crippen LogP contribution in [-0.2, 0) is 4.74 Å². The first-order valence-electron chi connectivity index (χ1n) is 13.3. The Kier molecular flexibility index (Phi) is 6.72. The first-order valence-corrected chi connectivity index (χ1v) is 13.3. The minimum Gasteiger partial charge on any atom is -0.492 e. The van der Waals surface area contributed by atoms with E-state index in [0.717, 1.165) is 73.9 Å². The van der Waals surface area contributed by atoms with Crippen molar-refractivity contribution in [2.75, 3.05) is 62.5 Å². The molecule has 1 aromatic heterocycles. The Morgan fingerprint density at radius 3 is 2.76 bits per heavy atom. The quantitative estimate of drug-likeness (QED) is 0.620. The standard InChI is InChI=1S/C28H35N7O2/c1-21-5-4-11-33(21)26-8-3-9-27(31-26)35-25(20-24(29)28-30-10-12-34(28)35)22-6-2-7-23(19-22)37-18-15-32-13-16-36-17-14-32/h2-3,6-10,19-21H,4-5,11-18,29H2,1H3. The molecular weight excluding hydrogens is 466 g/mol. The van der Waals surface area contributed by atoms with Crippen LogP contribution in [0.3, 0.4) is 0 Å². The molecule has 9 heteroatoms. The van der Waals surface area contributed by atoms with Crippen LogP contribution >= 0.6 is 0 Å². The zero-order valence-electron chi connectivity index (χ0n) is 21.4. The summed E-state index contributed by atoms with van der Waals surface area (Å²) in [6, 6.07) is 15.0. The van der Waals surface area contributed by atoms with Gasteiger partial charge < -0.3 is 20.1 Å². The van der Waals surface area contributed by atoms with E-state index in [-0.39, 0.29) is 0 Å². The third-order valence-corrected chi connectivity index (χ3v) is 7.43. The number of benzene rings is 1. The van der Waals surface area contributed by atoms with Gasteiger partial charge in [-0.3, -0.25) is 9.91 Å². The van der Waals surface area contributed by atoms with Gasteiger partial charge in [-0.25, -0.2) is 15.0 Å². The molecule has 0 amide bonds. The summed E-state index contributed by atoms with van der Waals surface area (Å²) in [5, 5.41) is 4.23. The molecule has 37 heavy (non-hydrogen) atoms. The van der Waals surface area contributed by atoms with Gasteiger partial charge in [-0.1, -0.05) is 18.2 Å². The predicted molar refractivity (Wildman–Crippen MR) is 146 cm³/mol. The smallest absolute Gasteiger partial charge is 0.171 e. The minimum absolute atomic E-state index is 0.492. The maximum atomic E-state index is 6.48. The van der Waals surface area contributed by atoms with Crippen LogP contribution in [0.25, 0.3) is 5.70 Å². The molecule has 2 aromatic rings. The summed E-state index contributed by atoms with van der Waals surface area (Å²) in [7, 11) is 0. The van der Waals surface area contributed by atoms with Gasteiger partial charge in [0.2, 0.25) is 0 Å². The second-order valence-corrected chi connectivity index (χ2v) is 9.88. The Hall–Kier alpha value is -3.56. The maximum absolute atomic E-state index is 6.48. The molecule has 9 nitrogen and oxygen atoms in total. The van der Waals surface area contributed by atoms with Crippen LogP contribution in [0.1, 0.15) is 25.3 Å². The lowest BCUT2D eigenvalue weighted by Gasteiger charge is -2.39. The van der Waals surface area contributed by atoms with Crippen LogP contribution in [0, 0.1) is 0 Å². The van der Waals surface area contributed by atoms with Crippen molar-refractivity contribution >= 4 is 23.5 Å². The Balaban J connectivity index is 1.28. The normalized spacial score (nSPS) is 22.0. The van der Waals surface area contributed by atoms with Gasteiger partial charge in [-0.05, 0) is 50.1 Å². The van der Waals surface area contributed by atoms with Gasteiger partial charge >= 0.3 is 0 Å². The summed E-state index contributed by atoms with van der Waals surface area (Å²) in [4.78, 5) is 14.4. The lowest BCUT2D eigenvalue weighted by Crippen LogP contribution is -2.43. The second-order valence-electron chi connectivity index (χ2n) is 9.88. The summed E-state index contributed by atoms with van der Waals surface area (Å²) in [5.41, 5.74) is 9.09. The summed E-state index contributed by atoms with van der Waals surface area (Å²) in [6.45, 7) is 8.97. The minimum atomic E-state index is 0.492. The molecule has 1 atom stereocenters. The molecule has 4 aliphatic rings. The summed E-state index contributed by atoms with van der Waals surface area (Å²) < 4.78 is 11.6. The lowest BCUT2D eigenvalue weighted by atomic mass is 10.1. The number of hydrogen-bond donors (Lipinski definition) is 1. The van der Waals surface area contributed by atoms with Gasteiger partial charge in [0, 0.05) is 44.0 Å². The van der Waals surface area contributed by atoms with E-state index in [4.69, 9.17) is 20.2 Å². The number of hydrogen-bond acceptors (Lipinski definition) is 9. The predicted octanol–water partition coefficient (Wildman–Crippen LogP) is 3.07. The zero-order valence-corrected chi connectivity index (χ0v) is 21.4. The molecule has 0 aliphatic carbocycles. The average Bonchev–Trinajstić information content (AvgIpc) is 3.59. The highest BCUT2D eigenvalue weighted by molar-refractivity contribution is 5.83. The number of anilines is 2. The fraction of sp³-hybridized carbons (Fsp3) is 0.429. The van der Waals surface area contributed by atoms with Gasteiger partial charge in [0.15, 0.2) is 11.6 Å². The Morgan fingerprint density at radius 1 is 1.08 bits per heavy atom. The largest absolute Gasteiger partial charge is 0.492 e. The molecule has 6 rings (SSSR count). The van der Waals surface area contributed by atoms with Crippen molar-refractivity contribution in [2.24, 2.45) is 10.7 Å². The van der Waals surface area contributed by atoms with E-state index >= 15 is 0 Å². The summed E-state index contributed by atoms with van der Waals surface area (Å²) >= 11 is 0. The average molecular weight is 502 g/mol. The third-order valence-electron chi connectivity index (χ3n) is 7.43. The van der Waals surface area contributed by atoms with Crippen LogP contribution in [0.4, 0.5) is 11.6 Å². The van der Waals surface area contributed by atoms with Crippen LogP contribution in [0.15, 0.2) is 65.1 Å². The van der Waals surface area contributed by atoms with Crippen molar-refractivity contribution in [2.45, 2.75) is 25.8 Å². The topological polar surface area (TPSA) is 82.7 Å². The Bertz CT molecular complexity index is 1220. The monoisotopic (exact) mass is 501 g/mol. The lowest BCUT2D eigenvalue weighted by molar-refractivity contribution is 0.0322. The molecule has 2 N–H and O–H groups in total. The molecule has 5 heterocycles. The molecule has 4 aliphatic heterocycles. The van der Waals surface area contributed by atoms with Crippen molar-refractivity contribution in [1.82, 2.24) is 14.9 Å². The Labute approximate surface area is 218 Å². The number of aliphatic imine (C=N–C) groups is 1. The summed E-state index contributed by atoms with van der Waals surface area (Å²) in [5.74, 6) is 3.44. The highest BCUT2D eigenvalue weighted by Crippen LogP contribution is 2.37. The molecule has 1 unspecified atom stereocenters. The van der Waals surface area contributed by atoms with Crippen LogP contribution < -0.4 is 20.4 Å². The molecule has 0 spiro atoms. The third kappa shape index (κ3) is 4.89. The second kappa shape index (κ2) is 10.4. The molecule has 0 bridgehead atoms. The van der Waals surface area contributed by atoms with E-state index in [2.05, 4.69) is 62.1 Å². The van der Waals surface area contributed by atoms with Crippen molar-refractivity contribution in [3.05, 3.63) is 65.6 Å². The van der Waals surface area contributed by atoms with E-state index in [0.29, 0.717) is 24.9 Å². The SMILES string of the molecule is CC1CCCN1c1cccc(N2C(c3cccc(OCCN4CCOCC4)c3)=CC(N)=C3N=CCN32)n1. The van der Waals surface area contributed by atoms with E-state index in [1.807, 2.05) is 24.4 Å². The number of ether oxygens (including phenoxy) is 2. The van der Waals surface area contributed by atoms with Crippen LogP contribution in [0.5, 0.6) is 5.75 Å². The van der Waals surface area contributed by atoms with Crippen LogP contribution in [-0.4, -0.2) is 79.7 Å². The van der Waals surface area contributed by atoms with Gasteiger partial charge in [0.25, 0.3) is 0 Å². The van der Waals surface area contributed by atoms with Gasteiger partial charge in [0.1, 0.15) is 18.2 Å². The fourth-order valence-electron chi connectivity index (χ4n) is 5.44. The highest BCUT2D eigenvalue weighted by atomic mass is 16.5. The van der Waals surface area contributed by atoms with Gasteiger partial charge in [0.05, 0.1) is 31.2 Å². The van der Waals surface area contributed by atoms with E-state index in [1.54, 1.807) is 0 Å². The number of fused-ring (bicyclic) bond motifs is 1. The zero-order chi connectivity index (χ0) is 25.2. The van der Waals surface area contributed by atoms with Crippen LogP contribution in [0.2, 0.25) is 0 Å². The number of hydrazine groups is 1. The number of rotatable bonds is 7. The van der Waals surface area contributed by atoms with E-state index in [9.17, 15) is 0 Å². The van der Waals surface area contributed by atoms with Crippen molar-refractivity contribution in [3.8, 4) is 5.75 Å². The first-order chi connectivity index (χ1) is 18.2. The van der Waals surface area contributed by atoms with Gasteiger partial charge in [-0.2, -0.15) is 0 Å². The number of aromatic nitrogens is 1. The molecule has 1 aromatic carbocycles. The number of allylic oxidation sites excluding steroid dienone is 1. The number of nitrogens with zero attached hydrogens (tertiary/aromatic N) is 6. The fourth-order valence-corrected chi connectivity index (χ4v) is 5.44. The highest BCUT2D eigenvalue weighted by Gasteiger charge is 2.32. The van der Waals surface area contributed by atoms with Crippen molar-refractivity contribution in [3.63, 3.8) is 0 Å². The number of pyridine rings is 1. The van der Waals surface area contributed by atoms with Gasteiger partial charge in [-0.15, -0.1) is 0 Å². The maximum Gasteiger partial charge on any atom is 0.171 e. The first kappa shape index (κ1) is 23.8. The Morgan fingerprint density at radius 2 is 1.92 bits per heavy atom. The van der Waals surface area contributed by atoms with E-state index < -0.39 is 0 Å². The molecule has 2 fully saturated rings.